The number of halogens is 5. The Balaban J connectivity index is 0.000000147. The number of hydrogen-bond donors (Lipinski definition) is 6. The van der Waals surface area contributed by atoms with Gasteiger partial charge >= 0.3 is 0 Å². The van der Waals surface area contributed by atoms with E-state index in [9.17, 15) is 36.0 Å². The first-order chi connectivity index (χ1) is 53.4. The summed E-state index contributed by atoms with van der Waals surface area (Å²) in [5.41, 5.74) is 12.1. The van der Waals surface area contributed by atoms with Gasteiger partial charge in [0.25, 0.3) is 23.6 Å². The third kappa shape index (κ3) is 23.5. The number of sulfonamides is 2. The lowest BCUT2D eigenvalue weighted by molar-refractivity contribution is 0.101. The summed E-state index contributed by atoms with van der Waals surface area (Å²) in [5.74, 6) is -1.07. The van der Waals surface area contributed by atoms with Crippen LogP contribution in [0.5, 0.6) is 0 Å². The van der Waals surface area contributed by atoms with Crippen molar-refractivity contribution in [2.45, 2.75) is 13.1 Å². The molecule has 0 aliphatic heterocycles. The highest BCUT2D eigenvalue weighted by atomic mass is 35.5. The molecule has 7 aromatic carbocycles. The zero-order valence-corrected chi connectivity index (χ0v) is 63.8. The first kappa shape index (κ1) is 79.4. The lowest BCUT2D eigenvalue weighted by Gasteiger charge is -2.11. The van der Waals surface area contributed by atoms with E-state index in [1.165, 1.54) is 42.9 Å². The minimum absolute atomic E-state index is 0.116. The fourth-order valence-corrected chi connectivity index (χ4v) is 12.6. The summed E-state index contributed by atoms with van der Waals surface area (Å²) in [6.45, 7) is 1.21. The summed E-state index contributed by atoms with van der Waals surface area (Å²) in [6.07, 6.45) is 16.6. The molecule has 0 fully saturated rings. The van der Waals surface area contributed by atoms with Gasteiger partial charge in [0.15, 0.2) is 0 Å². The molecule has 14 aromatic rings. The molecule has 0 saturated heterocycles. The number of carbonyl (C=O) groups excluding carboxylic acids is 4. The second-order valence-corrected chi connectivity index (χ2v) is 29.5. The molecular formula is C79H62Cl5N17O8S2. The van der Waals surface area contributed by atoms with Gasteiger partial charge in [-0.25, -0.2) is 36.2 Å². The molecule has 14 rings (SSSR count). The van der Waals surface area contributed by atoms with E-state index in [-0.39, 0.29) is 45.4 Å². The highest BCUT2D eigenvalue weighted by Gasteiger charge is 2.18. The number of aromatic nitrogens is 11. The van der Waals surface area contributed by atoms with Crippen LogP contribution in [0.1, 0.15) is 52.6 Å². The maximum absolute atomic E-state index is 12.6. The Morgan fingerprint density at radius 3 is 1.11 bits per heavy atom. The maximum atomic E-state index is 12.6. The van der Waals surface area contributed by atoms with Crippen molar-refractivity contribution in [3.63, 3.8) is 0 Å². The van der Waals surface area contributed by atoms with E-state index in [0.29, 0.717) is 89.6 Å². The predicted molar refractivity (Wildman–Crippen MR) is 434 cm³/mol. The number of anilines is 6. The first-order valence-corrected chi connectivity index (χ1v) is 38.7. The largest absolute Gasteiger partial charge is 0.322 e. The maximum Gasteiger partial charge on any atom is 0.257 e. The molecule has 558 valence electrons. The average Bonchev–Trinajstić information content (AvgIpc) is 1.09. The Morgan fingerprint density at radius 2 is 0.766 bits per heavy atom. The third-order valence-electron chi connectivity index (χ3n) is 15.6. The van der Waals surface area contributed by atoms with E-state index in [2.05, 4.69) is 76.0 Å². The van der Waals surface area contributed by atoms with Crippen molar-refractivity contribution < 1.29 is 36.0 Å². The Morgan fingerprint density at radius 1 is 0.378 bits per heavy atom. The van der Waals surface area contributed by atoms with Gasteiger partial charge in [0, 0.05) is 99.0 Å². The van der Waals surface area contributed by atoms with E-state index < -0.39 is 26.0 Å². The quantitative estimate of drug-likeness (QED) is 0.0413. The van der Waals surface area contributed by atoms with Crippen molar-refractivity contribution in [1.82, 2.24) is 54.7 Å². The van der Waals surface area contributed by atoms with Gasteiger partial charge < -0.3 is 21.3 Å². The molecule has 0 spiro atoms. The average molecular weight is 1620 g/mol. The number of rotatable bonds is 20. The topological polar surface area (TPSA) is 335 Å². The van der Waals surface area contributed by atoms with Crippen molar-refractivity contribution in [2.75, 3.05) is 43.2 Å². The second kappa shape index (κ2) is 37.5. The number of amides is 4. The summed E-state index contributed by atoms with van der Waals surface area (Å²) in [6, 6.07) is 64.9. The van der Waals surface area contributed by atoms with E-state index in [4.69, 9.17) is 58.0 Å². The van der Waals surface area contributed by atoms with Crippen LogP contribution in [0, 0.1) is 0 Å². The lowest BCUT2D eigenvalue weighted by Crippen LogP contribution is -2.14. The zero-order chi connectivity index (χ0) is 78.4. The van der Waals surface area contributed by atoms with E-state index >= 15 is 0 Å². The van der Waals surface area contributed by atoms with Crippen LogP contribution in [-0.4, -0.2) is 108 Å². The molecule has 0 aliphatic carbocycles. The van der Waals surface area contributed by atoms with Gasteiger partial charge in [-0.05, 0) is 187 Å². The molecule has 0 bridgehead atoms. The molecule has 6 N–H and O–H groups in total. The lowest BCUT2D eigenvalue weighted by atomic mass is 10.1. The smallest absolute Gasteiger partial charge is 0.257 e. The van der Waals surface area contributed by atoms with Gasteiger partial charge in [0.05, 0.1) is 90.8 Å². The number of hydrogen-bond acceptors (Lipinski definition) is 17. The molecule has 4 amide bonds. The molecule has 0 unspecified atom stereocenters. The van der Waals surface area contributed by atoms with E-state index in [1.54, 1.807) is 150 Å². The SMILES string of the molecule is CS(=O)(=O)Nc1ccc(C(=O)Nc2ccc(Cl)c(-c3ccccn3)c2)c(Cl)c1.CS(=O)(=O)Nc1ccc(C(=O)Nc2ccc(Cl)c(-c3ccccn3)c2)cn1.O=C(Nc1ccc(Cl)c(-c2ccccn2)c1)c1ccc(Cn2ccnn2)cc1.O=C(Nc1ccc(Cl)c(-c2ccccn2)c1)c1ccc(Cn2cncn2)cc1. The molecule has 0 radical (unpaired) electrons. The second-order valence-electron chi connectivity index (χ2n) is 23.9. The fourth-order valence-electron chi connectivity index (χ4n) is 10.4. The number of nitrogens with zero attached hydrogens (tertiary/aromatic N) is 11. The molecule has 111 heavy (non-hydrogen) atoms. The van der Waals surface area contributed by atoms with Crippen molar-refractivity contribution in [1.29, 1.82) is 0 Å². The molecule has 0 aliphatic rings. The van der Waals surface area contributed by atoms with Gasteiger partial charge in [-0.3, -0.25) is 48.6 Å². The van der Waals surface area contributed by atoms with Crippen LogP contribution in [0.3, 0.4) is 0 Å². The van der Waals surface area contributed by atoms with Crippen molar-refractivity contribution in [2.24, 2.45) is 0 Å². The number of pyridine rings is 5. The van der Waals surface area contributed by atoms with Crippen molar-refractivity contribution >= 4 is 136 Å². The monoisotopic (exact) mass is 1620 g/mol. The van der Waals surface area contributed by atoms with Gasteiger partial charge in [-0.1, -0.05) is 112 Å². The summed E-state index contributed by atoms with van der Waals surface area (Å²) >= 11 is 31.2. The summed E-state index contributed by atoms with van der Waals surface area (Å²) in [7, 11) is -6.86. The number of nitrogens with one attached hydrogen (secondary N) is 6. The van der Waals surface area contributed by atoms with Gasteiger partial charge in [0.2, 0.25) is 20.0 Å². The molecule has 7 heterocycles. The molecular weight excluding hydrogens is 1560 g/mol. The highest BCUT2D eigenvalue weighted by Crippen LogP contribution is 2.34. The normalized spacial score (nSPS) is 10.8. The van der Waals surface area contributed by atoms with Gasteiger partial charge in [-0.15, -0.1) is 5.10 Å². The Bertz CT molecular complexity index is 5630. The molecule has 0 saturated carbocycles. The Hall–Kier alpha value is -12.6. The van der Waals surface area contributed by atoms with Crippen LogP contribution < -0.4 is 30.7 Å². The Kier molecular flexibility index (Phi) is 26.8. The van der Waals surface area contributed by atoms with Crippen molar-refractivity contribution in [3.8, 4) is 45.0 Å². The predicted octanol–water partition coefficient (Wildman–Crippen LogP) is 16.7. The van der Waals surface area contributed by atoms with E-state index in [1.807, 2.05) is 97.1 Å². The molecule has 25 nitrogen and oxygen atoms in total. The summed E-state index contributed by atoms with van der Waals surface area (Å²) in [4.78, 5) is 75.2. The fraction of sp³-hybridized carbons (Fsp3) is 0.0506. The van der Waals surface area contributed by atoms with Crippen LogP contribution in [0.2, 0.25) is 25.1 Å². The molecule has 7 aromatic heterocycles. The summed E-state index contributed by atoms with van der Waals surface area (Å²) in [5, 5.41) is 25.4. The zero-order valence-electron chi connectivity index (χ0n) is 58.4. The van der Waals surface area contributed by atoms with E-state index in [0.717, 1.165) is 46.2 Å². The van der Waals surface area contributed by atoms with Gasteiger partial charge in [0.1, 0.15) is 18.5 Å². The van der Waals surface area contributed by atoms with Crippen LogP contribution in [0.25, 0.3) is 45.0 Å². The van der Waals surface area contributed by atoms with Crippen LogP contribution >= 0.6 is 58.0 Å². The van der Waals surface area contributed by atoms with Crippen LogP contribution in [0.4, 0.5) is 34.3 Å². The Labute approximate surface area is 662 Å². The molecule has 0 atom stereocenters. The third-order valence-corrected chi connectivity index (χ3v) is 18.4. The minimum atomic E-state index is -3.44. The van der Waals surface area contributed by atoms with Gasteiger partial charge in [-0.2, -0.15) is 5.10 Å². The number of benzene rings is 7. The van der Waals surface area contributed by atoms with Crippen LogP contribution in [0.15, 0.2) is 280 Å². The first-order valence-electron chi connectivity index (χ1n) is 33.1. The highest BCUT2D eigenvalue weighted by molar-refractivity contribution is 7.92. The molecule has 32 heteroatoms. The number of carbonyl (C=O) groups is 4. The standard InChI is InChI=1S/2C21H16ClN5O.C19H15Cl2N3O3S.C18H15ClN4O3S/c22-19-9-8-17(11-18(19)20-3-1-2-10-24-20)26-21(28)16-6-4-15(5-7-16)12-27-14-23-13-25-27;22-19-9-8-17(13-18(19)20-3-1-2-10-23-20)25-21(28)16-6-4-15(5-7-16)14-27-12-11-24-26-27;1-28(26,27)24-13-5-7-14(17(21)11-13)19(25)23-12-6-8-16(20)15(10-12)18-4-2-3-9-22-18;1-27(25,26)23-17-8-5-12(11-21-17)18(24)22-13-6-7-15(19)14(10-13)16-4-2-3-9-20-16/h1-11,13-14H,12H2,(H,26,28);1-13H,14H2,(H,25,28);2-11,24H,1H3,(H,23,25);2-11H,1H3,(H,21,23)(H,22,24). The van der Waals surface area contributed by atoms with Crippen LogP contribution in [-0.2, 0) is 33.1 Å². The minimum Gasteiger partial charge on any atom is -0.322 e. The summed E-state index contributed by atoms with van der Waals surface area (Å²) < 4.78 is 53.0. The van der Waals surface area contributed by atoms with Crippen molar-refractivity contribution in [3.05, 3.63) is 339 Å².